The van der Waals surface area contributed by atoms with Crippen molar-refractivity contribution in [2.45, 2.75) is 25.2 Å². The molecule has 1 aromatic rings. The van der Waals surface area contributed by atoms with Gasteiger partial charge in [0.05, 0.1) is 6.10 Å². The Kier molecular flexibility index (Phi) is 3.03. The Morgan fingerprint density at radius 3 is 3.07 bits per heavy atom. The van der Waals surface area contributed by atoms with Crippen LogP contribution in [0.25, 0.3) is 0 Å². The van der Waals surface area contributed by atoms with E-state index in [1.165, 1.54) is 4.57 Å². The zero-order chi connectivity index (χ0) is 10.8. The normalized spacial score (nSPS) is 25.7. The Morgan fingerprint density at radius 2 is 2.47 bits per heavy atom. The van der Waals surface area contributed by atoms with E-state index < -0.39 is 0 Å². The van der Waals surface area contributed by atoms with Gasteiger partial charge in [-0.3, -0.25) is 4.57 Å². The molecule has 0 spiro atoms. The molecule has 3 unspecified atom stereocenters. The number of hydrogen-bond donors (Lipinski definition) is 1. The highest BCUT2D eigenvalue weighted by Crippen LogP contribution is 2.27. The first-order valence-corrected chi connectivity index (χ1v) is 5.72. The lowest BCUT2D eigenvalue weighted by atomic mass is 10.2. The highest BCUT2D eigenvalue weighted by atomic mass is 31.0. The van der Waals surface area contributed by atoms with Gasteiger partial charge < -0.3 is 10.5 Å². The van der Waals surface area contributed by atoms with E-state index in [1.54, 1.807) is 12.3 Å². The molecule has 1 aromatic heterocycles. The van der Waals surface area contributed by atoms with Crippen molar-refractivity contribution in [3.05, 3.63) is 22.7 Å². The molecule has 1 saturated heterocycles. The Hall–Kier alpha value is -0.930. The van der Waals surface area contributed by atoms with Gasteiger partial charge in [-0.15, -0.1) is 9.24 Å². The van der Waals surface area contributed by atoms with E-state index in [1.807, 2.05) is 0 Å². The number of rotatable bonds is 2. The first kappa shape index (κ1) is 10.6. The van der Waals surface area contributed by atoms with Crippen LogP contribution in [0.2, 0.25) is 0 Å². The largest absolute Gasteiger partial charge is 0.383 e. The lowest BCUT2D eigenvalue weighted by Crippen LogP contribution is -2.27. The topological polar surface area (TPSA) is 70.1 Å². The Balaban J connectivity index is 2.20. The lowest BCUT2D eigenvalue weighted by Gasteiger charge is -2.14. The van der Waals surface area contributed by atoms with E-state index in [0.29, 0.717) is 0 Å². The second-order valence-corrected chi connectivity index (χ2v) is 4.04. The second-order valence-electron chi connectivity index (χ2n) is 3.57. The highest BCUT2D eigenvalue weighted by molar-refractivity contribution is 7.16. The summed E-state index contributed by atoms with van der Waals surface area (Å²) in [6.07, 6.45) is 4.41. The SMILES string of the molecule is Nc1ccn(C2CCC(CP)O2)c(=O)n1. The molecule has 6 heteroatoms. The van der Waals surface area contributed by atoms with Crippen LogP contribution in [-0.2, 0) is 4.74 Å². The fraction of sp³-hybridized carbons (Fsp3) is 0.556. The van der Waals surface area contributed by atoms with Crippen molar-refractivity contribution < 1.29 is 4.74 Å². The molecule has 2 rings (SSSR count). The Labute approximate surface area is 89.8 Å². The minimum absolute atomic E-state index is 0.184. The van der Waals surface area contributed by atoms with Crippen LogP contribution in [0.3, 0.4) is 0 Å². The van der Waals surface area contributed by atoms with Gasteiger partial charge in [0.2, 0.25) is 0 Å². The molecule has 15 heavy (non-hydrogen) atoms. The summed E-state index contributed by atoms with van der Waals surface area (Å²) < 4.78 is 7.18. The van der Waals surface area contributed by atoms with Gasteiger partial charge in [0, 0.05) is 6.20 Å². The zero-order valence-corrected chi connectivity index (χ0v) is 9.45. The predicted molar refractivity (Wildman–Crippen MR) is 60.6 cm³/mol. The molecular weight excluding hydrogens is 213 g/mol. The fourth-order valence-corrected chi connectivity index (χ4v) is 2.06. The maximum atomic E-state index is 11.5. The number of nitrogens with zero attached hydrogens (tertiary/aromatic N) is 2. The van der Waals surface area contributed by atoms with E-state index in [9.17, 15) is 4.79 Å². The van der Waals surface area contributed by atoms with E-state index in [4.69, 9.17) is 10.5 Å². The summed E-state index contributed by atoms with van der Waals surface area (Å²) in [6.45, 7) is 0. The average Bonchev–Trinajstić information content (AvgIpc) is 2.66. The highest BCUT2D eigenvalue weighted by Gasteiger charge is 2.25. The number of nitrogens with two attached hydrogens (primary N) is 1. The van der Waals surface area contributed by atoms with Crippen molar-refractivity contribution in [2.24, 2.45) is 0 Å². The smallest absolute Gasteiger partial charge is 0.351 e. The van der Waals surface area contributed by atoms with Crippen LogP contribution in [0.5, 0.6) is 0 Å². The van der Waals surface area contributed by atoms with Crippen LogP contribution < -0.4 is 11.4 Å². The average molecular weight is 227 g/mol. The molecule has 0 amide bonds. The number of hydrogen-bond acceptors (Lipinski definition) is 4. The summed E-state index contributed by atoms with van der Waals surface area (Å²) in [5.41, 5.74) is 5.07. The van der Waals surface area contributed by atoms with Gasteiger partial charge in [0.25, 0.3) is 0 Å². The summed E-state index contributed by atoms with van der Waals surface area (Å²) >= 11 is 0. The van der Waals surface area contributed by atoms with Crippen LogP contribution in [0.1, 0.15) is 19.1 Å². The number of nitrogen functional groups attached to an aromatic ring is 1. The van der Waals surface area contributed by atoms with Gasteiger partial charge in [-0.2, -0.15) is 4.98 Å². The van der Waals surface area contributed by atoms with Crippen LogP contribution in [0.4, 0.5) is 5.82 Å². The maximum Gasteiger partial charge on any atom is 0.351 e. The van der Waals surface area contributed by atoms with E-state index in [0.717, 1.165) is 19.0 Å². The zero-order valence-electron chi connectivity index (χ0n) is 8.30. The van der Waals surface area contributed by atoms with Gasteiger partial charge in [-0.25, -0.2) is 4.79 Å². The second kappa shape index (κ2) is 4.29. The molecule has 5 nitrogen and oxygen atoms in total. The summed E-state index contributed by atoms with van der Waals surface area (Å²) in [7, 11) is 2.65. The van der Waals surface area contributed by atoms with Crippen molar-refractivity contribution >= 4 is 15.1 Å². The third-order valence-electron chi connectivity index (χ3n) is 2.51. The van der Waals surface area contributed by atoms with E-state index in [2.05, 4.69) is 14.2 Å². The molecule has 1 aliphatic rings. The van der Waals surface area contributed by atoms with Gasteiger partial charge in [-0.1, -0.05) is 0 Å². The van der Waals surface area contributed by atoms with Gasteiger partial charge >= 0.3 is 5.69 Å². The Bertz CT molecular complexity index is 407. The summed E-state index contributed by atoms with van der Waals surface area (Å²) in [5.74, 6) is 0.247. The first-order valence-electron chi connectivity index (χ1n) is 4.91. The summed E-state index contributed by atoms with van der Waals surface area (Å²) in [4.78, 5) is 15.2. The van der Waals surface area contributed by atoms with Crippen molar-refractivity contribution in [3.8, 4) is 0 Å². The third-order valence-corrected chi connectivity index (χ3v) is 3.04. The van der Waals surface area contributed by atoms with Crippen LogP contribution in [-0.4, -0.2) is 21.8 Å². The fourth-order valence-electron chi connectivity index (χ4n) is 1.71. The minimum Gasteiger partial charge on any atom is -0.383 e. The minimum atomic E-state index is -0.343. The van der Waals surface area contributed by atoms with E-state index >= 15 is 0 Å². The van der Waals surface area contributed by atoms with Gasteiger partial charge in [0.15, 0.2) is 0 Å². The maximum absolute atomic E-state index is 11.5. The molecule has 0 bridgehead atoms. The monoisotopic (exact) mass is 227 g/mol. The van der Waals surface area contributed by atoms with E-state index in [-0.39, 0.29) is 23.8 Å². The summed E-state index contributed by atoms with van der Waals surface area (Å²) in [5, 5.41) is 0. The predicted octanol–water partition coefficient (Wildman–Crippen LogP) is 0.378. The molecule has 2 N–H and O–H groups in total. The molecular formula is C9H14N3O2P. The molecule has 0 radical (unpaired) electrons. The number of ether oxygens (including phenoxy) is 1. The molecule has 82 valence electrons. The lowest BCUT2D eigenvalue weighted by molar-refractivity contribution is 0.0101. The number of aromatic nitrogens is 2. The van der Waals surface area contributed by atoms with Crippen LogP contribution in [0, 0.1) is 0 Å². The standard InChI is InChI=1S/C9H14N3O2P/c10-7-3-4-12(9(13)11-7)8-2-1-6(5-15)14-8/h3-4,6,8H,1-2,5,15H2,(H2,10,11,13). The molecule has 3 atom stereocenters. The van der Waals surface area contributed by atoms with Crippen molar-refractivity contribution in [2.75, 3.05) is 11.9 Å². The summed E-state index contributed by atoms with van der Waals surface area (Å²) in [6, 6.07) is 1.61. The van der Waals surface area contributed by atoms with Crippen molar-refractivity contribution in [1.82, 2.24) is 9.55 Å². The van der Waals surface area contributed by atoms with Crippen LogP contribution in [0.15, 0.2) is 17.1 Å². The quantitative estimate of drug-likeness (QED) is 0.741. The van der Waals surface area contributed by atoms with Crippen LogP contribution >= 0.6 is 9.24 Å². The first-order chi connectivity index (χ1) is 7.20. The molecule has 2 heterocycles. The number of anilines is 1. The molecule has 0 aromatic carbocycles. The molecule has 1 aliphatic heterocycles. The Morgan fingerprint density at radius 1 is 1.67 bits per heavy atom. The van der Waals surface area contributed by atoms with Crippen molar-refractivity contribution in [3.63, 3.8) is 0 Å². The molecule has 1 fully saturated rings. The molecule has 0 saturated carbocycles. The van der Waals surface area contributed by atoms with Gasteiger partial charge in [0.1, 0.15) is 12.0 Å². The van der Waals surface area contributed by atoms with Gasteiger partial charge in [-0.05, 0) is 25.1 Å². The molecule has 0 aliphatic carbocycles. The van der Waals surface area contributed by atoms with Crippen molar-refractivity contribution in [1.29, 1.82) is 0 Å². The third kappa shape index (κ3) is 2.19.